The third-order valence-electron chi connectivity index (χ3n) is 5.08. The van der Waals surface area contributed by atoms with Gasteiger partial charge in [-0.15, -0.1) is 0 Å². The van der Waals surface area contributed by atoms with Crippen molar-refractivity contribution in [2.75, 3.05) is 24.6 Å². The number of nitrogens with one attached hydrogen (secondary N) is 1. The van der Waals surface area contributed by atoms with E-state index in [0.29, 0.717) is 18.7 Å². The van der Waals surface area contributed by atoms with Crippen LogP contribution in [0.4, 0.5) is 5.82 Å². The molecular weight excluding hydrogens is 294 g/mol. The molecule has 0 unspecified atom stereocenters. The number of amides is 1. The summed E-state index contributed by atoms with van der Waals surface area (Å²) in [6, 6.07) is 1.95. The van der Waals surface area contributed by atoms with Crippen molar-refractivity contribution < 1.29 is 14.6 Å². The third-order valence-corrected chi connectivity index (χ3v) is 5.08. The summed E-state index contributed by atoms with van der Waals surface area (Å²) in [5.41, 5.74) is 2.08. The number of hydrogen-bond donors (Lipinski definition) is 2. The van der Waals surface area contributed by atoms with Crippen molar-refractivity contribution in [3.05, 3.63) is 22.9 Å². The Hall–Kier alpha value is -1.66. The van der Waals surface area contributed by atoms with E-state index in [1.807, 2.05) is 13.0 Å². The van der Waals surface area contributed by atoms with Gasteiger partial charge in [-0.3, -0.25) is 4.79 Å². The van der Waals surface area contributed by atoms with Gasteiger partial charge in [0.2, 0.25) is 0 Å². The molecule has 3 heterocycles. The van der Waals surface area contributed by atoms with E-state index in [0.717, 1.165) is 55.8 Å². The maximum Gasteiger partial charge on any atom is 0.253 e. The first-order valence-electron chi connectivity index (χ1n) is 8.42. The molecule has 124 valence electrons. The molecule has 1 aliphatic carbocycles. The van der Waals surface area contributed by atoms with E-state index >= 15 is 0 Å². The number of rotatable bonds is 4. The number of fused-ring (bicyclic) bond motifs is 1. The molecule has 0 aromatic carbocycles. The van der Waals surface area contributed by atoms with Crippen molar-refractivity contribution in [2.24, 2.45) is 0 Å². The molecule has 6 nitrogen and oxygen atoms in total. The summed E-state index contributed by atoms with van der Waals surface area (Å²) in [4.78, 5) is 18.7. The van der Waals surface area contributed by atoms with Gasteiger partial charge in [0.05, 0.1) is 36.1 Å². The van der Waals surface area contributed by atoms with Gasteiger partial charge in [0.1, 0.15) is 5.82 Å². The fourth-order valence-electron chi connectivity index (χ4n) is 3.35. The van der Waals surface area contributed by atoms with Gasteiger partial charge in [-0.1, -0.05) is 0 Å². The third kappa shape index (κ3) is 2.93. The molecule has 2 fully saturated rings. The molecule has 3 aliphatic rings. The highest BCUT2D eigenvalue weighted by atomic mass is 16.5. The van der Waals surface area contributed by atoms with Crippen LogP contribution in [0.2, 0.25) is 0 Å². The Morgan fingerprint density at radius 3 is 2.87 bits per heavy atom. The highest BCUT2D eigenvalue weighted by Gasteiger charge is 2.41. The van der Waals surface area contributed by atoms with Crippen molar-refractivity contribution in [3.63, 3.8) is 0 Å². The summed E-state index contributed by atoms with van der Waals surface area (Å²) in [5, 5.41) is 12.7. The zero-order valence-electron chi connectivity index (χ0n) is 13.5. The summed E-state index contributed by atoms with van der Waals surface area (Å²) >= 11 is 0. The number of piperidine rings is 1. The smallest absolute Gasteiger partial charge is 0.253 e. The van der Waals surface area contributed by atoms with Gasteiger partial charge in [0.25, 0.3) is 5.91 Å². The topological polar surface area (TPSA) is 74.7 Å². The molecule has 1 amide bonds. The van der Waals surface area contributed by atoms with E-state index in [1.165, 1.54) is 0 Å². The molecule has 1 saturated heterocycles. The fourth-order valence-corrected chi connectivity index (χ4v) is 3.35. The Morgan fingerprint density at radius 1 is 1.43 bits per heavy atom. The number of pyridine rings is 1. The lowest BCUT2D eigenvalue weighted by atomic mass is 10.1. The van der Waals surface area contributed by atoms with Gasteiger partial charge in [0.15, 0.2) is 0 Å². The van der Waals surface area contributed by atoms with Crippen molar-refractivity contribution >= 4 is 11.7 Å². The minimum absolute atomic E-state index is 0.0210. The number of carbonyl (C=O) groups excluding carboxylic acids is 1. The molecule has 0 atom stereocenters. The number of aliphatic hydroxyl groups is 1. The van der Waals surface area contributed by atoms with Crippen LogP contribution in [0.1, 0.15) is 47.3 Å². The highest BCUT2D eigenvalue weighted by Crippen LogP contribution is 2.36. The van der Waals surface area contributed by atoms with Gasteiger partial charge < -0.3 is 20.1 Å². The monoisotopic (exact) mass is 317 g/mol. The largest absolute Gasteiger partial charge is 0.387 e. The van der Waals surface area contributed by atoms with E-state index < -0.39 is 5.60 Å². The predicted molar refractivity (Wildman–Crippen MR) is 85.5 cm³/mol. The van der Waals surface area contributed by atoms with Crippen LogP contribution in [0.25, 0.3) is 0 Å². The average molecular weight is 317 g/mol. The minimum Gasteiger partial charge on any atom is -0.387 e. The number of hydrogen-bond acceptors (Lipinski definition) is 5. The summed E-state index contributed by atoms with van der Waals surface area (Å²) in [7, 11) is 0. The Balaban J connectivity index is 1.39. The SMILES string of the molecule is Cc1cc2c(nc1N1CCC(OCC3(O)CC3)CC1)CNC2=O. The van der Waals surface area contributed by atoms with Crippen molar-refractivity contribution in [3.8, 4) is 0 Å². The Bertz CT molecular complexity index is 634. The molecule has 2 aliphatic heterocycles. The van der Waals surface area contributed by atoms with Gasteiger partial charge in [0, 0.05) is 13.1 Å². The normalized spacial score (nSPS) is 22.9. The molecule has 1 saturated carbocycles. The van der Waals surface area contributed by atoms with Gasteiger partial charge in [-0.05, 0) is 44.2 Å². The number of aryl methyl sites for hydroxylation is 1. The van der Waals surface area contributed by atoms with E-state index in [1.54, 1.807) is 0 Å². The molecule has 0 bridgehead atoms. The highest BCUT2D eigenvalue weighted by molar-refractivity contribution is 5.98. The Kier molecular flexibility index (Phi) is 3.54. The summed E-state index contributed by atoms with van der Waals surface area (Å²) in [6.07, 6.45) is 3.87. The van der Waals surface area contributed by atoms with E-state index in [4.69, 9.17) is 9.72 Å². The van der Waals surface area contributed by atoms with Gasteiger partial charge >= 0.3 is 0 Å². The Morgan fingerprint density at radius 2 is 2.17 bits per heavy atom. The first-order chi connectivity index (χ1) is 11.0. The lowest BCUT2D eigenvalue weighted by molar-refractivity contribution is -0.0297. The number of anilines is 1. The Labute approximate surface area is 135 Å². The first-order valence-corrected chi connectivity index (χ1v) is 8.42. The average Bonchev–Trinajstić information content (AvgIpc) is 3.19. The number of ether oxygens (including phenoxy) is 1. The molecule has 1 aromatic heterocycles. The second-order valence-electron chi connectivity index (χ2n) is 7.03. The molecule has 2 N–H and O–H groups in total. The minimum atomic E-state index is -0.533. The van der Waals surface area contributed by atoms with Crippen LogP contribution >= 0.6 is 0 Å². The fraction of sp³-hybridized carbons (Fsp3) is 0.647. The molecule has 23 heavy (non-hydrogen) atoms. The van der Waals surface area contributed by atoms with Crippen LogP contribution in [0.15, 0.2) is 6.07 Å². The predicted octanol–water partition coefficient (Wildman–Crippen LogP) is 1.14. The molecule has 1 aromatic rings. The van der Waals surface area contributed by atoms with Crippen LogP contribution in [-0.2, 0) is 11.3 Å². The van der Waals surface area contributed by atoms with Gasteiger partial charge in [-0.2, -0.15) is 0 Å². The maximum atomic E-state index is 11.7. The molecule has 0 radical (unpaired) electrons. The molecule has 6 heteroatoms. The van der Waals surface area contributed by atoms with E-state index in [-0.39, 0.29) is 12.0 Å². The van der Waals surface area contributed by atoms with Crippen LogP contribution in [-0.4, -0.2) is 47.4 Å². The summed E-state index contributed by atoms with van der Waals surface area (Å²) in [6.45, 7) is 4.81. The molecule has 4 rings (SSSR count). The van der Waals surface area contributed by atoms with E-state index in [2.05, 4.69) is 10.2 Å². The van der Waals surface area contributed by atoms with Crippen molar-refractivity contribution in [2.45, 2.75) is 50.9 Å². The maximum absolute atomic E-state index is 11.7. The van der Waals surface area contributed by atoms with Crippen LogP contribution in [0.3, 0.4) is 0 Å². The van der Waals surface area contributed by atoms with Crippen molar-refractivity contribution in [1.82, 2.24) is 10.3 Å². The summed E-state index contributed by atoms with van der Waals surface area (Å²) in [5.74, 6) is 0.965. The van der Waals surface area contributed by atoms with Crippen LogP contribution in [0, 0.1) is 6.92 Å². The van der Waals surface area contributed by atoms with Crippen LogP contribution < -0.4 is 10.2 Å². The van der Waals surface area contributed by atoms with Gasteiger partial charge in [-0.25, -0.2) is 4.98 Å². The molecular formula is C17H23N3O3. The quantitative estimate of drug-likeness (QED) is 0.871. The first kappa shape index (κ1) is 14.9. The van der Waals surface area contributed by atoms with Crippen LogP contribution in [0.5, 0.6) is 0 Å². The van der Waals surface area contributed by atoms with E-state index in [9.17, 15) is 9.90 Å². The second kappa shape index (κ2) is 5.46. The second-order valence-corrected chi connectivity index (χ2v) is 7.03. The number of carbonyl (C=O) groups is 1. The van der Waals surface area contributed by atoms with Crippen molar-refractivity contribution in [1.29, 1.82) is 0 Å². The summed E-state index contributed by atoms with van der Waals surface area (Å²) < 4.78 is 5.86. The standard InChI is InChI=1S/C17H23N3O3/c1-11-8-13-14(9-18-16(13)21)19-15(11)20-6-2-12(3-7-20)23-10-17(22)4-5-17/h8,12,22H,2-7,9-10H2,1H3,(H,18,21). The lowest BCUT2D eigenvalue weighted by Gasteiger charge is -2.34. The number of nitrogens with zero attached hydrogens (tertiary/aromatic N) is 2. The zero-order chi connectivity index (χ0) is 16.0. The molecule has 0 spiro atoms. The zero-order valence-corrected chi connectivity index (χ0v) is 13.5. The number of aromatic nitrogens is 1. The lowest BCUT2D eigenvalue weighted by Crippen LogP contribution is -2.39.